The third-order valence-electron chi connectivity index (χ3n) is 14.8. The van der Waals surface area contributed by atoms with E-state index in [-0.39, 0.29) is 5.41 Å². The van der Waals surface area contributed by atoms with Crippen LogP contribution in [-0.2, 0) is 9.98 Å². The van der Waals surface area contributed by atoms with Crippen LogP contribution >= 0.6 is 7.14 Å². The Morgan fingerprint density at radius 1 is 0.418 bits per heavy atom. The van der Waals surface area contributed by atoms with Crippen molar-refractivity contribution >= 4 is 34.0 Å². The fraction of sp³-hybridized carbons (Fsp3) is 0.145. The van der Waals surface area contributed by atoms with Gasteiger partial charge in [-0.3, -0.25) is 0 Å². The van der Waals surface area contributed by atoms with Crippen LogP contribution in [0.3, 0.4) is 0 Å². The summed E-state index contributed by atoms with van der Waals surface area (Å²) in [4.78, 5) is 15.5. The molecule has 2 aliphatic carbocycles. The monoisotopic (exact) mass is 883 g/mol. The number of nitrogens with zero attached hydrogens (tertiary/aromatic N) is 3. The Labute approximate surface area is 392 Å². The average Bonchev–Trinajstić information content (AvgIpc) is 4.01. The van der Waals surface area contributed by atoms with Crippen LogP contribution in [0, 0.1) is 11.8 Å². The van der Waals surface area contributed by atoms with Gasteiger partial charge in [0.15, 0.2) is 17.5 Å². The molecule has 1 heterocycles. The highest BCUT2D eigenvalue weighted by atomic mass is 31.2. The lowest BCUT2D eigenvalue weighted by molar-refractivity contribution is 0.320. The zero-order valence-electron chi connectivity index (χ0n) is 37.8. The quantitative estimate of drug-likeness (QED) is 0.107. The zero-order chi connectivity index (χ0) is 45.1. The minimum absolute atomic E-state index is 0.0845. The Morgan fingerprint density at radius 2 is 0.836 bits per heavy atom. The van der Waals surface area contributed by atoms with E-state index in [1.807, 2.05) is 25.5 Å². The molecule has 3 atom stereocenters. The molecule has 2 fully saturated rings. The Morgan fingerprint density at radius 3 is 1.34 bits per heavy atom. The molecule has 4 nitrogen and oxygen atoms in total. The fourth-order valence-corrected chi connectivity index (χ4v) is 13.3. The summed E-state index contributed by atoms with van der Waals surface area (Å²) < 4.78 is 13.9. The summed E-state index contributed by atoms with van der Waals surface area (Å²) in [7, 11) is -2.58. The summed E-state index contributed by atoms with van der Waals surface area (Å²) in [5.41, 5.74) is 12.5. The average molecular weight is 884 g/mol. The SMILES string of the molecule is CP(C)(=O)c1c2ccccc2c(-c2ccc(C3(c4ccc(-c5nc(-c6ccc(-c7ccccc7)cc6)nc(-c6cccc(-c7ccccc7)c6)n5)cc4)CC4CCC3C4)cc2)c2ccccc12. The molecule has 0 spiro atoms. The van der Waals surface area contributed by atoms with Crippen molar-refractivity contribution in [2.45, 2.75) is 31.1 Å². The van der Waals surface area contributed by atoms with Gasteiger partial charge in [-0.05, 0) is 117 Å². The van der Waals surface area contributed by atoms with E-state index >= 15 is 0 Å². The van der Waals surface area contributed by atoms with E-state index in [4.69, 9.17) is 15.0 Å². The molecule has 2 aliphatic rings. The van der Waals surface area contributed by atoms with Crippen molar-refractivity contribution in [2.24, 2.45) is 11.8 Å². The summed E-state index contributed by atoms with van der Waals surface area (Å²) in [6, 6.07) is 73.7. The summed E-state index contributed by atoms with van der Waals surface area (Å²) in [5, 5.41) is 5.43. The highest BCUT2D eigenvalue weighted by Crippen LogP contribution is 2.60. The minimum atomic E-state index is -2.58. The van der Waals surface area contributed by atoms with Crippen LogP contribution in [-0.4, -0.2) is 28.3 Å². The van der Waals surface area contributed by atoms with Crippen LogP contribution in [0.2, 0.25) is 0 Å². The van der Waals surface area contributed by atoms with Crippen molar-refractivity contribution in [3.8, 4) is 67.5 Å². The molecule has 0 amide bonds. The molecular formula is C62H50N3OP. The molecule has 324 valence electrons. The lowest BCUT2D eigenvalue weighted by Gasteiger charge is -2.39. The lowest BCUT2D eigenvalue weighted by atomic mass is 9.64. The lowest BCUT2D eigenvalue weighted by Crippen LogP contribution is -2.34. The van der Waals surface area contributed by atoms with E-state index in [2.05, 4.69) is 194 Å². The van der Waals surface area contributed by atoms with Gasteiger partial charge in [0.1, 0.15) is 7.14 Å². The number of rotatable bonds is 9. The molecule has 12 rings (SSSR count). The number of fused-ring (bicyclic) bond motifs is 4. The largest absolute Gasteiger partial charge is 0.319 e. The van der Waals surface area contributed by atoms with Crippen LogP contribution in [0.4, 0.5) is 0 Å². The maximum absolute atomic E-state index is 13.9. The van der Waals surface area contributed by atoms with Gasteiger partial charge in [0, 0.05) is 27.4 Å². The van der Waals surface area contributed by atoms with Crippen molar-refractivity contribution in [3.63, 3.8) is 0 Å². The van der Waals surface area contributed by atoms with E-state index in [1.165, 1.54) is 47.1 Å². The van der Waals surface area contributed by atoms with Gasteiger partial charge in [-0.1, -0.05) is 207 Å². The van der Waals surface area contributed by atoms with Gasteiger partial charge in [-0.25, -0.2) is 15.0 Å². The summed E-state index contributed by atoms with van der Waals surface area (Å²) in [6.07, 6.45) is 4.96. The molecule has 67 heavy (non-hydrogen) atoms. The fourth-order valence-electron chi connectivity index (χ4n) is 11.7. The van der Waals surface area contributed by atoms with E-state index in [0.29, 0.717) is 23.4 Å². The molecule has 3 unspecified atom stereocenters. The van der Waals surface area contributed by atoms with Gasteiger partial charge in [0.2, 0.25) is 0 Å². The van der Waals surface area contributed by atoms with Crippen molar-refractivity contribution in [2.75, 3.05) is 13.3 Å². The third-order valence-corrected chi connectivity index (χ3v) is 16.3. The summed E-state index contributed by atoms with van der Waals surface area (Å²) >= 11 is 0. The molecule has 2 bridgehead atoms. The highest BCUT2D eigenvalue weighted by Gasteiger charge is 2.52. The maximum atomic E-state index is 13.9. The third kappa shape index (κ3) is 7.32. The van der Waals surface area contributed by atoms with Crippen molar-refractivity contribution < 1.29 is 4.57 Å². The van der Waals surface area contributed by atoms with E-state index < -0.39 is 7.14 Å². The molecule has 0 radical (unpaired) electrons. The standard InChI is InChI=1S/C62H50N3OP/c1-67(2,66)58-55-22-11-9-20-53(55)57(54-21-10-12-23-56(54)58)45-29-34-50(35-30-45)62(40-41-24-33-52(62)38-41)51-36-31-47(32-37-51)60-63-59(46-27-25-44(26-28-46)42-14-5-3-6-15-42)64-61(65-60)49-19-13-18-48(39-49)43-16-7-4-8-17-43/h3-23,25-32,34-37,39,41,52H,24,33,38,40H2,1-2H3. The minimum Gasteiger partial charge on any atom is -0.319 e. The number of hydrogen-bond donors (Lipinski definition) is 0. The van der Waals surface area contributed by atoms with Gasteiger partial charge >= 0.3 is 0 Å². The van der Waals surface area contributed by atoms with Gasteiger partial charge in [-0.2, -0.15) is 0 Å². The first-order chi connectivity index (χ1) is 32.8. The highest BCUT2D eigenvalue weighted by molar-refractivity contribution is 7.71. The summed E-state index contributed by atoms with van der Waals surface area (Å²) in [6.45, 7) is 3.79. The second-order valence-corrected chi connectivity index (χ2v) is 22.2. The molecule has 10 aromatic rings. The first kappa shape index (κ1) is 41.2. The Bertz CT molecular complexity index is 3450. The van der Waals surface area contributed by atoms with Crippen LogP contribution < -0.4 is 5.30 Å². The first-order valence-electron chi connectivity index (χ1n) is 23.6. The zero-order valence-corrected chi connectivity index (χ0v) is 38.7. The van der Waals surface area contributed by atoms with E-state index in [9.17, 15) is 4.57 Å². The number of benzene rings is 9. The van der Waals surface area contributed by atoms with Gasteiger partial charge in [0.25, 0.3) is 0 Å². The molecule has 0 aliphatic heterocycles. The second-order valence-electron chi connectivity index (χ2n) is 19.1. The summed E-state index contributed by atoms with van der Waals surface area (Å²) in [5.74, 6) is 3.24. The topological polar surface area (TPSA) is 55.7 Å². The Kier molecular flexibility index (Phi) is 10.2. The maximum Gasteiger partial charge on any atom is 0.164 e. The van der Waals surface area contributed by atoms with Crippen LogP contribution in [0.15, 0.2) is 206 Å². The number of hydrogen-bond acceptors (Lipinski definition) is 4. The molecular weight excluding hydrogens is 834 g/mol. The Hall–Kier alpha value is -7.26. The van der Waals surface area contributed by atoms with Crippen molar-refractivity contribution in [1.82, 2.24) is 15.0 Å². The molecule has 5 heteroatoms. The van der Waals surface area contributed by atoms with Crippen molar-refractivity contribution in [3.05, 3.63) is 217 Å². The second kappa shape index (κ2) is 16.6. The smallest absolute Gasteiger partial charge is 0.164 e. The van der Waals surface area contributed by atoms with Gasteiger partial charge in [0.05, 0.1) is 0 Å². The van der Waals surface area contributed by atoms with Crippen molar-refractivity contribution in [1.29, 1.82) is 0 Å². The normalized spacial score (nSPS) is 17.9. The van der Waals surface area contributed by atoms with Gasteiger partial charge in [-0.15, -0.1) is 0 Å². The van der Waals surface area contributed by atoms with E-state index in [1.54, 1.807) is 0 Å². The van der Waals surface area contributed by atoms with Crippen LogP contribution in [0.1, 0.15) is 36.8 Å². The predicted molar refractivity (Wildman–Crippen MR) is 279 cm³/mol. The molecule has 1 aromatic heterocycles. The first-order valence-corrected chi connectivity index (χ1v) is 26.2. The van der Waals surface area contributed by atoms with E-state index in [0.717, 1.165) is 72.6 Å². The molecule has 0 saturated heterocycles. The van der Waals surface area contributed by atoms with Crippen LogP contribution in [0.5, 0.6) is 0 Å². The Balaban J connectivity index is 0.938. The molecule has 9 aromatic carbocycles. The predicted octanol–water partition coefficient (Wildman–Crippen LogP) is 15.5. The van der Waals surface area contributed by atoms with Gasteiger partial charge < -0.3 is 4.57 Å². The van der Waals surface area contributed by atoms with Crippen LogP contribution in [0.25, 0.3) is 89.1 Å². The number of aromatic nitrogens is 3. The molecule has 0 N–H and O–H groups in total. The molecule has 2 saturated carbocycles.